The zero-order valence-corrected chi connectivity index (χ0v) is 13.0. The summed E-state index contributed by atoms with van der Waals surface area (Å²) >= 11 is 11.6. The van der Waals surface area contributed by atoms with Crippen LogP contribution in [0.15, 0.2) is 18.2 Å². The number of halogens is 2. The van der Waals surface area contributed by atoms with Crippen molar-refractivity contribution in [2.45, 2.75) is 6.04 Å². The normalized spacial score (nSPS) is 14.9. The Balaban J connectivity index is 0.00000106. The first-order chi connectivity index (χ1) is 10.1. The summed E-state index contributed by atoms with van der Waals surface area (Å²) in [6.07, 6.45) is 0. The van der Waals surface area contributed by atoms with Crippen LogP contribution in [-0.2, 0) is 14.3 Å². The van der Waals surface area contributed by atoms with E-state index in [9.17, 15) is 4.79 Å². The molecule has 0 atom stereocenters. The summed E-state index contributed by atoms with van der Waals surface area (Å²) in [6, 6.07) is 4.68. The third-order valence-corrected chi connectivity index (χ3v) is 3.17. The van der Waals surface area contributed by atoms with E-state index in [0.29, 0.717) is 29.0 Å². The van der Waals surface area contributed by atoms with Gasteiger partial charge in [-0.2, -0.15) is 0 Å². The lowest BCUT2D eigenvalue weighted by Crippen LogP contribution is -2.46. The molecule has 1 amide bonds. The number of hydrogen-bond acceptors (Lipinski definition) is 5. The number of aliphatic hydroxyl groups excluding tert-OH is 1. The van der Waals surface area contributed by atoms with E-state index >= 15 is 0 Å². The van der Waals surface area contributed by atoms with Gasteiger partial charge in [0.1, 0.15) is 12.5 Å². The zero-order chi connectivity index (χ0) is 15.7. The van der Waals surface area contributed by atoms with Gasteiger partial charge in [-0.05, 0) is 12.1 Å². The molecule has 118 valence electrons. The van der Waals surface area contributed by atoms with Gasteiger partial charge in [0.25, 0.3) is 5.91 Å². The minimum absolute atomic E-state index is 0.103. The molecule has 21 heavy (non-hydrogen) atoms. The summed E-state index contributed by atoms with van der Waals surface area (Å²) in [6.45, 7) is 1.05. The van der Waals surface area contributed by atoms with Crippen molar-refractivity contribution in [3.8, 4) is 5.75 Å². The molecule has 0 aliphatic carbocycles. The maximum absolute atomic E-state index is 11.6. The molecule has 1 aliphatic rings. The average Bonchev–Trinajstić information content (AvgIpc) is 2.51. The quantitative estimate of drug-likeness (QED) is 0.869. The van der Waals surface area contributed by atoms with Gasteiger partial charge in [0.05, 0.1) is 29.3 Å². The highest BCUT2D eigenvalue weighted by Crippen LogP contribution is 2.26. The van der Waals surface area contributed by atoms with Crippen LogP contribution in [0.1, 0.15) is 0 Å². The van der Waals surface area contributed by atoms with Crippen LogP contribution >= 0.6 is 23.2 Å². The SMILES string of the molecule is CO.O=C(COc1ccc(Cl)c(Cl)c1)NC1COCOC1. The fourth-order valence-corrected chi connectivity index (χ4v) is 1.84. The molecule has 0 unspecified atom stereocenters. The molecular weight excluding hydrogens is 321 g/mol. The van der Waals surface area contributed by atoms with Crippen LogP contribution in [0.2, 0.25) is 10.0 Å². The average molecular weight is 338 g/mol. The number of nitrogens with one attached hydrogen (secondary N) is 1. The molecular formula is C13H17Cl2NO5. The van der Waals surface area contributed by atoms with Gasteiger partial charge in [-0.3, -0.25) is 4.79 Å². The molecule has 2 N–H and O–H groups in total. The largest absolute Gasteiger partial charge is 0.484 e. The van der Waals surface area contributed by atoms with Gasteiger partial charge >= 0.3 is 0 Å². The Kier molecular flexibility index (Phi) is 8.41. The molecule has 1 aromatic carbocycles. The first-order valence-electron chi connectivity index (χ1n) is 6.12. The Morgan fingerprint density at radius 3 is 2.62 bits per heavy atom. The van der Waals surface area contributed by atoms with Gasteiger partial charge < -0.3 is 24.6 Å². The smallest absolute Gasteiger partial charge is 0.258 e. The summed E-state index contributed by atoms with van der Waals surface area (Å²) in [7, 11) is 1.00. The fraction of sp³-hybridized carbons (Fsp3) is 0.462. The van der Waals surface area contributed by atoms with Gasteiger partial charge in [-0.25, -0.2) is 0 Å². The highest BCUT2D eigenvalue weighted by atomic mass is 35.5. The molecule has 1 fully saturated rings. The van der Waals surface area contributed by atoms with Crippen molar-refractivity contribution in [1.29, 1.82) is 0 Å². The van der Waals surface area contributed by atoms with E-state index in [4.69, 9.17) is 42.5 Å². The van der Waals surface area contributed by atoms with E-state index in [2.05, 4.69) is 5.32 Å². The third kappa shape index (κ3) is 6.50. The van der Waals surface area contributed by atoms with E-state index in [0.717, 1.165) is 7.11 Å². The molecule has 0 saturated carbocycles. The van der Waals surface area contributed by atoms with Crippen molar-refractivity contribution in [2.24, 2.45) is 0 Å². The minimum atomic E-state index is -0.245. The number of benzene rings is 1. The van der Waals surface area contributed by atoms with Crippen molar-refractivity contribution in [2.75, 3.05) is 33.7 Å². The molecule has 0 spiro atoms. The number of amides is 1. The summed E-state index contributed by atoms with van der Waals surface area (Å²) in [4.78, 5) is 11.6. The summed E-state index contributed by atoms with van der Waals surface area (Å²) in [5.41, 5.74) is 0. The lowest BCUT2D eigenvalue weighted by atomic mass is 10.3. The van der Waals surface area contributed by atoms with Crippen LogP contribution in [0.4, 0.5) is 0 Å². The van der Waals surface area contributed by atoms with Crippen LogP contribution in [0, 0.1) is 0 Å². The third-order valence-electron chi connectivity index (χ3n) is 2.43. The van der Waals surface area contributed by atoms with Gasteiger partial charge in [0.15, 0.2) is 6.61 Å². The second kappa shape index (κ2) is 9.81. The number of hydrogen-bond donors (Lipinski definition) is 2. The molecule has 0 aromatic heterocycles. The molecule has 1 aliphatic heterocycles. The zero-order valence-electron chi connectivity index (χ0n) is 11.5. The van der Waals surface area contributed by atoms with Crippen molar-refractivity contribution in [1.82, 2.24) is 5.32 Å². The fourth-order valence-electron chi connectivity index (χ4n) is 1.56. The number of aliphatic hydroxyl groups is 1. The number of rotatable bonds is 4. The molecule has 0 bridgehead atoms. The Morgan fingerprint density at radius 2 is 2.00 bits per heavy atom. The Morgan fingerprint density at radius 1 is 1.33 bits per heavy atom. The lowest BCUT2D eigenvalue weighted by Gasteiger charge is -2.23. The molecule has 1 saturated heterocycles. The predicted molar refractivity (Wildman–Crippen MR) is 78.8 cm³/mol. The van der Waals surface area contributed by atoms with Gasteiger partial charge in [-0.1, -0.05) is 23.2 Å². The van der Waals surface area contributed by atoms with Gasteiger partial charge in [0, 0.05) is 13.2 Å². The second-order valence-corrected chi connectivity index (χ2v) is 4.80. The van der Waals surface area contributed by atoms with Gasteiger partial charge in [0.2, 0.25) is 0 Å². The van der Waals surface area contributed by atoms with Gasteiger partial charge in [-0.15, -0.1) is 0 Å². The van der Waals surface area contributed by atoms with Crippen LogP contribution in [0.5, 0.6) is 5.75 Å². The molecule has 6 nitrogen and oxygen atoms in total. The lowest BCUT2D eigenvalue weighted by molar-refractivity contribution is -0.134. The number of carbonyl (C=O) groups is 1. The van der Waals surface area contributed by atoms with Crippen molar-refractivity contribution >= 4 is 29.1 Å². The van der Waals surface area contributed by atoms with Crippen LogP contribution in [0.3, 0.4) is 0 Å². The van der Waals surface area contributed by atoms with E-state index < -0.39 is 0 Å². The van der Waals surface area contributed by atoms with Crippen molar-refractivity contribution in [3.63, 3.8) is 0 Å². The number of ether oxygens (including phenoxy) is 3. The highest BCUT2D eigenvalue weighted by Gasteiger charge is 2.16. The molecule has 1 heterocycles. The highest BCUT2D eigenvalue weighted by molar-refractivity contribution is 6.42. The first-order valence-corrected chi connectivity index (χ1v) is 6.88. The maximum atomic E-state index is 11.6. The van der Waals surface area contributed by atoms with Crippen molar-refractivity contribution in [3.05, 3.63) is 28.2 Å². The molecule has 0 radical (unpaired) electrons. The van der Waals surface area contributed by atoms with E-state index in [1.54, 1.807) is 18.2 Å². The van der Waals surface area contributed by atoms with Crippen LogP contribution in [-0.4, -0.2) is 50.8 Å². The maximum Gasteiger partial charge on any atom is 0.258 e. The summed E-state index contributed by atoms with van der Waals surface area (Å²) in [5, 5.41) is 10.6. The minimum Gasteiger partial charge on any atom is -0.484 e. The predicted octanol–water partition coefficient (Wildman–Crippen LogP) is 1.47. The van der Waals surface area contributed by atoms with Crippen LogP contribution in [0.25, 0.3) is 0 Å². The topological polar surface area (TPSA) is 77.0 Å². The first kappa shape index (κ1) is 18.0. The van der Waals surface area contributed by atoms with E-state index in [-0.39, 0.29) is 25.3 Å². The molecule has 2 rings (SSSR count). The summed E-state index contributed by atoms with van der Waals surface area (Å²) in [5.74, 6) is 0.242. The second-order valence-electron chi connectivity index (χ2n) is 3.99. The Bertz CT molecular complexity index is 452. The standard InChI is InChI=1S/C12H13Cl2NO4.CH4O/c13-10-2-1-9(3-11(10)14)19-6-12(16)15-8-4-17-7-18-5-8;1-2/h1-3,8H,4-7H2,(H,15,16);2H,1H3. The van der Waals surface area contributed by atoms with Crippen LogP contribution < -0.4 is 10.1 Å². The Hall–Kier alpha value is -1.05. The monoisotopic (exact) mass is 337 g/mol. The van der Waals surface area contributed by atoms with E-state index in [1.807, 2.05) is 0 Å². The Labute approximate surface area is 132 Å². The van der Waals surface area contributed by atoms with E-state index in [1.165, 1.54) is 0 Å². The molecule has 8 heteroatoms. The number of carbonyl (C=O) groups excluding carboxylic acids is 1. The molecule has 1 aromatic rings. The van der Waals surface area contributed by atoms with Crippen molar-refractivity contribution < 1.29 is 24.1 Å². The summed E-state index contributed by atoms with van der Waals surface area (Å²) < 4.78 is 15.4.